The summed E-state index contributed by atoms with van der Waals surface area (Å²) in [6, 6.07) is 0. The van der Waals surface area contributed by atoms with Gasteiger partial charge in [0.05, 0.1) is 17.9 Å². The molecule has 0 aromatic carbocycles. The molecule has 0 aliphatic rings. The second-order valence-electron chi connectivity index (χ2n) is 3.86. The molecule has 0 aliphatic heterocycles. The summed E-state index contributed by atoms with van der Waals surface area (Å²) in [4.78, 5) is 4.04. The van der Waals surface area contributed by atoms with Crippen LogP contribution in [0.4, 0.5) is 11.5 Å². The first-order valence-corrected chi connectivity index (χ1v) is 5.63. The normalized spacial score (nSPS) is 10.7. The minimum absolute atomic E-state index is 0.555. The van der Waals surface area contributed by atoms with Crippen LogP contribution in [0.3, 0.4) is 0 Å². The van der Waals surface area contributed by atoms with E-state index in [-0.39, 0.29) is 0 Å². The molecule has 0 saturated carbocycles. The second kappa shape index (κ2) is 4.86. The van der Waals surface area contributed by atoms with Gasteiger partial charge in [-0.2, -0.15) is 10.2 Å². The predicted octanol–water partition coefficient (Wildman–Crippen LogP) is 0.914. The van der Waals surface area contributed by atoms with Crippen molar-refractivity contribution in [2.45, 2.75) is 33.4 Å². The van der Waals surface area contributed by atoms with E-state index in [2.05, 4.69) is 32.5 Å². The summed E-state index contributed by atoms with van der Waals surface area (Å²) in [7, 11) is 0. The van der Waals surface area contributed by atoms with Crippen LogP contribution >= 0.6 is 0 Å². The lowest BCUT2D eigenvalue weighted by Crippen LogP contribution is -2.10. The van der Waals surface area contributed by atoms with Crippen LogP contribution in [0.2, 0.25) is 0 Å². The minimum atomic E-state index is 0.555. The monoisotopic (exact) mass is 235 g/mol. The predicted molar refractivity (Wildman–Crippen MR) is 65.4 cm³/mol. The fraction of sp³-hybridized carbons (Fsp3) is 0.500. The molecule has 0 amide bonds. The first-order valence-electron chi connectivity index (χ1n) is 5.63. The second-order valence-corrected chi connectivity index (χ2v) is 3.86. The number of aromatic nitrogens is 5. The Morgan fingerprint density at radius 3 is 3.00 bits per heavy atom. The zero-order valence-electron chi connectivity index (χ0n) is 10.1. The minimum Gasteiger partial charge on any atom is -0.394 e. The summed E-state index contributed by atoms with van der Waals surface area (Å²) in [5, 5.41) is 14.2. The van der Waals surface area contributed by atoms with Crippen molar-refractivity contribution in [2.75, 3.05) is 11.1 Å². The molecule has 7 heteroatoms. The van der Waals surface area contributed by atoms with E-state index in [1.165, 1.54) is 6.33 Å². The standard InChI is InChI=1S/C10H17N7/c1-3-4-17-10(9(11)7(2)16-17)12-5-8-13-6-14-15-8/h6,12H,3-5,11H2,1-2H3,(H,13,14,15). The maximum Gasteiger partial charge on any atom is 0.148 e. The van der Waals surface area contributed by atoms with Crippen LogP contribution in [0.15, 0.2) is 6.33 Å². The molecule has 0 unspecified atom stereocenters. The SMILES string of the molecule is CCCn1nc(C)c(N)c1NCc1ncn[nH]1. The van der Waals surface area contributed by atoms with Crippen molar-refractivity contribution in [3.63, 3.8) is 0 Å². The number of aromatic amines is 1. The summed E-state index contributed by atoms with van der Waals surface area (Å²) < 4.78 is 1.89. The van der Waals surface area contributed by atoms with Gasteiger partial charge < -0.3 is 11.1 Å². The highest BCUT2D eigenvalue weighted by molar-refractivity contribution is 5.64. The number of aryl methyl sites for hydroxylation is 2. The van der Waals surface area contributed by atoms with Crippen LogP contribution < -0.4 is 11.1 Å². The number of nitrogen functional groups attached to an aromatic ring is 1. The van der Waals surface area contributed by atoms with E-state index >= 15 is 0 Å². The number of nitrogens with one attached hydrogen (secondary N) is 2. The van der Waals surface area contributed by atoms with Crippen molar-refractivity contribution in [2.24, 2.45) is 0 Å². The van der Waals surface area contributed by atoms with Gasteiger partial charge in [-0.3, -0.25) is 5.10 Å². The van der Waals surface area contributed by atoms with Crippen molar-refractivity contribution < 1.29 is 0 Å². The molecule has 2 heterocycles. The van der Waals surface area contributed by atoms with Gasteiger partial charge >= 0.3 is 0 Å². The van der Waals surface area contributed by atoms with Gasteiger partial charge in [0, 0.05) is 6.54 Å². The Balaban J connectivity index is 2.13. The molecule has 7 nitrogen and oxygen atoms in total. The third-order valence-electron chi connectivity index (χ3n) is 2.50. The third-order valence-corrected chi connectivity index (χ3v) is 2.50. The number of H-pyrrole nitrogens is 1. The van der Waals surface area contributed by atoms with Crippen molar-refractivity contribution in [3.05, 3.63) is 17.8 Å². The summed E-state index contributed by atoms with van der Waals surface area (Å²) in [6.45, 7) is 5.41. The zero-order valence-corrected chi connectivity index (χ0v) is 10.1. The lowest BCUT2D eigenvalue weighted by molar-refractivity contribution is 0.602. The molecule has 0 atom stereocenters. The highest BCUT2D eigenvalue weighted by Gasteiger charge is 2.11. The van der Waals surface area contributed by atoms with E-state index in [1.54, 1.807) is 0 Å². The van der Waals surface area contributed by atoms with Gasteiger partial charge in [-0.05, 0) is 13.3 Å². The summed E-state index contributed by atoms with van der Waals surface area (Å²) >= 11 is 0. The summed E-state index contributed by atoms with van der Waals surface area (Å²) in [5.74, 6) is 1.62. The van der Waals surface area contributed by atoms with Crippen LogP contribution in [-0.2, 0) is 13.1 Å². The Hall–Kier alpha value is -2.05. The number of hydrogen-bond acceptors (Lipinski definition) is 5. The topological polar surface area (TPSA) is 97.4 Å². The Kier molecular flexibility index (Phi) is 3.27. The van der Waals surface area contributed by atoms with E-state index < -0.39 is 0 Å². The highest BCUT2D eigenvalue weighted by Crippen LogP contribution is 2.22. The van der Waals surface area contributed by atoms with Crippen molar-refractivity contribution in [1.29, 1.82) is 0 Å². The van der Waals surface area contributed by atoms with Gasteiger partial charge in [0.25, 0.3) is 0 Å². The van der Waals surface area contributed by atoms with Gasteiger partial charge in [0.15, 0.2) is 0 Å². The largest absolute Gasteiger partial charge is 0.394 e. The molecule has 0 spiro atoms. The lowest BCUT2D eigenvalue weighted by atomic mass is 10.4. The maximum absolute atomic E-state index is 5.98. The quantitative estimate of drug-likeness (QED) is 0.715. The third kappa shape index (κ3) is 2.38. The Labute approximate surface area is 99.4 Å². The smallest absolute Gasteiger partial charge is 0.148 e. The van der Waals surface area contributed by atoms with E-state index in [1.807, 2.05) is 11.6 Å². The van der Waals surface area contributed by atoms with E-state index in [4.69, 9.17) is 5.73 Å². The van der Waals surface area contributed by atoms with Crippen molar-refractivity contribution in [1.82, 2.24) is 25.0 Å². The Morgan fingerprint density at radius 1 is 1.53 bits per heavy atom. The molecule has 0 bridgehead atoms. The molecule has 92 valence electrons. The molecular weight excluding hydrogens is 218 g/mol. The Morgan fingerprint density at radius 2 is 2.35 bits per heavy atom. The van der Waals surface area contributed by atoms with Crippen LogP contribution in [0.25, 0.3) is 0 Å². The number of nitrogens with two attached hydrogens (primary N) is 1. The molecule has 2 rings (SSSR count). The molecular formula is C10H17N7. The van der Waals surface area contributed by atoms with E-state index in [9.17, 15) is 0 Å². The van der Waals surface area contributed by atoms with Gasteiger partial charge in [0.2, 0.25) is 0 Å². The number of rotatable bonds is 5. The molecule has 17 heavy (non-hydrogen) atoms. The average Bonchev–Trinajstić information content (AvgIpc) is 2.89. The number of hydrogen-bond donors (Lipinski definition) is 3. The van der Waals surface area contributed by atoms with Gasteiger partial charge in [-0.15, -0.1) is 0 Å². The van der Waals surface area contributed by atoms with Gasteiger partial charge in [0.1, 0.15) is 18.0 Å². The number of anilines is 2. The Bertz CT molecular complexity index is 471. The van der Waals surface area contributed by atoms with Crippen molar-refractivity contribution in [3.8, 4) is 0 Å². The molecule has 0 aliphatic carbocycles. The zero-order chi connectivity index (χ0) is 12.3. The molecule has 0 saturated heterocycles. The van der Waals surface area contributed by atoms with Crippen molar-refractivity contribution >= 4 is 11.5 Å². The summed E-state index contributed by atoms with van der Waals surface area (Å²) in [6.07, 6.45) is 2.49. The molecule has 0 radical (unpaired) electrons. The molecule has 2 aromatic rings. The number of nitrogens with zero attached hydrogens (tertiary/aromatic N) is 4. The highest BCUT2D eigenvalue weighted by atomic mass is 15.3. The molecule has 0 fully saturated rings. The van der Waals surface area contributed by atoms with Gasteiger partial charge in [-0.25, -0.2) is 9.67 Å². The first kappa shape index (κ1) is 11.4. The first-order chi connectivity index (χ1) is 8.22. The van der Waals surface area contributed by atoms with Crippen LogP contribution in [-0.4, -0.2) is 25.0 Å². The van der Waals surface area contributed by atoms with Crippen LogP contribution in [0.1, 0.15) is 24.9 Å². The van der Waals surface area contributed by atoms with E-state index in [0.717, 1.165) is 30.3 Å². The average molecular weight is 235 g/mol. The van der Waals surface area contributed by atoms with Crippen LogP contribution in [0.5, 0.6) is 0 Å². The molecule has 2 aromatic heterocycles. The molecule has 4 N–H and O–H groups in total. The fourth-order valence-corrected chi connectivity index (χ4v) is 1.64. The summed E-state index contributed by atoms with van der Waals surface area (Å²) in [5.41, 5.74) is 7.52. The maximum atomic E-state index is 5.98. The van der Waals surface area contributed by atoms with E-state index in [0.29, 0.717) is 12.2 Å². The van der Waals surface area contributed by atoms with Crippen LogP contribution in [0, 0.1) is 6.92 Å². The van der Waals surface area contributed by atoms with Gasteiger partial charge in [-0.1, -0.05) is 6.92 Å². The fourth-order valence-electron chi connectivity index (χ4n) is 1.64. The lowest BCUT2D eigenvalue weighted by Gasteiger charge is -2.08.